The van der Waals surface area contributed by atoms with Gasteiger partial charge in [0.2, 0.25) is 5.13 Å². The van der Waals surface area contributed by atoms with Crippen LogP contribution in [0.3, 0.4) is 0 Å². The van der Waals surface area contributed by atoms with E-state index in [0.29, 0.717) is 27.0 Å². The first-order chi connectivity index (χ1) is 19.4. The van der Waals surface area contributed by atoms with Crippen LogP contribution in [0.2, 0.25) is 0 Å². The van der Waals surface area contributed by atoms with Gasteiger partial charge in [-0.25, -0.2) is 9.37 Å². The molecule has 4 heterocycles. The molecule has 1 aliphatic carbocycles. The topological polar surface area (TPSA) is 118 Å². The highest BCUT2D eigenvalue weighted by molar-refractivity contribution is 8.00. The van der Waals surface area contributed by atoms with E-state index in [1.165, 1.54) is 39.6 Å². The quantitative estimate of drug-likeness (QED) is 0.157. The van der Waals surface area contributed by atoms with Crippen LogP contribution in [0.5, 0.6) is 0 Å². The molecule has 0 saturated heterocycles. The smallest absolute Gasteiger partial charge is 0.267 e. The Labute approximate surface area is 236 Å². The van der Waals surface area contributed by atoms with Crippen molar-refractivity contribution in [3.8, 4) is 0 Å². The maximum absolute atomic E-state index is 14.0. The van der Waals surface area contributed by atoms with Gasteiger partial charge in [0.25, 0.3) is 11.5 Å². The van der Waals surface area contributed by atoms with E-state index in [9.17, 15) is 14.0 Å². The lowest BCUT2D eigenvalue weighted by molar-refractivity contribution is 0.102. The number of hydrogen-bond acceptors (Lipinski definition) is 8. The molecule has 40 heavy (non-hydrogen) atoms. The highest BCUT2D eigenvalue weighted by Gasteiger charge is 2.24. The fourth-order valence-electron chi connectivity index (χ4n) is 5.16. The summed E-state index contributed by atoms with van der Waals surface area (Å²) < 4.78 is 17.8. The summed E-state index contributed by atoms with van der Waals surface area (Å²) in [5.74, 6) is -0.457. The Morgan fingerprint density at radius 2 is 1.95 bits per heavy atom. The molecule has 0 atom stereocenters. The van der Waals surface area contributed by atoms with Crippen LogP contribution in [0.15, 0.2) is 57.8 Å². The van der Waals surface area contributed by atoms with Crippen LogP contribution in [0.25, 0.3) is 16.7 Å². The molecule has 0 unspecified atom stereocenters. The van der Waals surface area contributed by atoms with Crippen LogP contribution >= 0.6 is 23.1 Å². The predicted octanol–water partition coefficient (Wildman–Crippen LogP) is 5.48. The largest absolute Gasteiger partial charge is 0.307 e. The average molecular weight is 576 g/mol. The predicted molar refractivity (Wildman–Crippen MR) is 153 cm³/mol. The molecule has 12 heteroatoms. The molecule has 9 nitrogen and oxygen atoms in total. The number of amides is 1. The number of hydrogen-bond donors (Lipinski definition) is 2. The second-order valence-electron chi connectivity index (χ2n) is 9.81. The van der Waals surface area contributed by atoms with Crippen LogP contribution in [0.4, 0.5) is 9.52 Å². The van der Waals surface area contributed by atoms with Gasteiger partial charge in [-0.1, -0.05) is 66.6 Å². The van der Waals surface area contributed by atoms with Gasteiger partial charge in [0.05, 0.1) is 10.9 Å². The molecule has 6 rings (SSSR count). The third kappa shape index (κ3) is 4.92. The summed E-state index contributed by atoms with van der Waals surface area (Å²) >= 11 is 2.49. The fraction of sp³-hybridized carbons (Fsp3) is 0.286. The van der Waals surface area contributed by atoms with Crippen molar-refractivity contribution in [1.82, 2.24) is 24.1 Å². The number of aromatic nitrogens is 5. The van der Waals surface area contributed by atoms with Gasteiger partial charge in [-0.2, -0.15) is 0 Å². The fourth-order valence-corrected chi connectivity index (χ4v) is 6.90. The first kappa shape index (κ1) is 26.3. The summed E-state index contributed by atoms with van der Waals surface area (Å²) in [6.45, 7) is 1.90. The third-order valence-electron chi connectivity index (χ3n) is 7.20. The van der Waals surface area contributed by atoms with Crippen LogP contribution in [-0.2, 0) is 5.75 Å². The zero-order valence-corrected chi connectivity index (χ0v) is 23.3. The molecule has 0 spiro atoms. The number of rotatable bonds is 6. The SMILES string of the molecule is Cc1cccn2c(=O)c3cc(C(=O)Nc4nnc(SCc5ccccc5F)s4)c(=N)n(C4CCCCC4)c3nc12. The Balaban J connectivity index is 1.36. The van der Waals surface area contributed by atoms with Crippen molar-refractivity contribution in [2.24, 2.45) is 0 Å². The number of nitrogens with one attached hydrogen (secondary N) is 2. The Hall–Kier alpha value is -3.90. The van der Waals surface area contributed by atoms with Gasteiger partial charge >= 0.3 is 0 Å². The van der Waals surface area contributed by atoms with Gasteiger partial charge in [0.1, 0.15) is 22.6 Å². The lowest BCUT2D eigenvalue weighted by Gasteiger charge is -2.26. The van der Waals surface area contributed by atoms with E-state index in [1.54, 1.807) is 35.0 Å². The number of halogens is 1. The van der Waals surface area contributed by atoms with E-state index >= 15 is 0 Å². The van der Waals surface area contributed by atoms with Gasteiger partial charge < -0.3 is 4.57 Å². The Morgan fingerprint density at radius 1 is 1.15 bits per heavy atom. The van der Waals surface area contributed by atoms with Crippen molar-refractivity contribution in [1.29, 1.82) is 5.41 Å². The summed E-state index contributed by atoms with van der Waals surface area (Å²) in [6.07, 6.45) is 6.51. The highest BCUT2D eigenvalue weighted by Crippen LogP contribution is 2.31. The molecule has 0 bridgehead atoms. The normalized spacial score (nSPS) is 14.2. The molecule has 5 aromatic rings. The lowest BCUT2D eigenvalue weighted by atomic mass is 9.94. The maximum atomic E-state index is 14.0. The zero-order valence-electron chi connectivity index (χ0n) is 21.7. The van der Waals surface area contributed by atoms with Crippen LogP contribution in [-0.4, -0.2) is 30.1 Å². The van der Waals surface area contributed by atoms with Crippen molar-refractivity contribution in [3.05, 3.63) is 87.0 Å². The average Bonchev–Trinajstić information content (AvgIpc) is 3.40. The van der Waals surface area contributed by atoms with Gasteiger partial charge in [0.15, 0.2) is 4.34 Å². The molecule has 1 aliphatic rings. The molecule has 0 radical (unpaired) electrons. The van der Waals surface area contributed by atoms with Crippen molar-refractivity contribution in [3.63, 3.8) is 0 Å². The van der Waals surface area contributed by atoms with Crippen LogP contribution in [0.1, 0.15) is 59.6 Å². The summed E-state index contributed by atoms with van der Waals surface area (Å²) in [5, 5.41) is 20.5. The van der Waals surface area contributed by atoms with Gasteiger partial charge in [-0.05, 0) is 49.1 Å². The van der Waals surface area contributed by atoms with Gasteiger partial charge in [-0.3, -0.25) is 24.7 Å². The molecule has 204 valence electrons. The number of aryl methyl sites for hydroxylation is 1. The minimum absolute atomic E-state index is 0.0143. The van der Waals surface area contributed by atoms with E-state index in [4.69, 9.17) is 10.4 Å². The van der Waals surface area contributed by atoms with Crippen molar-refractivity contribution in [2.75, 3.05) is 5.32 Å². The molecule has 1 aromatic carbocycles. The van der Waals surface area contributed by atoms with E-state index in [1.807, 2.05) is 13.0 Å². The first-order valence-corrected chi connectivity index (χ1v) is 14.8. The van der Waals surface area contributed by atoms with E-state index < -0.39 is 5.91 Å². The Kier molecular flexibility index (Phi) is 7.20. The molecular weight excluding hydrogens is 549 g/mol. The molecule has 1 fully saturated rings. The number of pyridine rings is 2. The number of fused-ring (bicyclic) bond motifs is 2. The Morgan fingerprint density at radius 3 is 2.75 bits per heavy atom. The summed E-state index contributed by atoms with van der Waals surface area (Å²) in [5.41, 5.74) is 2.17. The minimum Gasteiger partial charge on any atom is -0.307 e. The standard InChI is InChI=1S/C28H26FN7O2S2/c1-16-8-7-13-35-23(16)31-24-20(26(35)38)14-19(22(30)36(24)18-10-3-2-4-11-18)25(37)32-27-33-34-28(40-27)39-15-17-9-5-6-12-21(17)29/h5-9,12-14,18,30H,2-4,10-11,15H2,1H3,(H,32,33,37). The monoisotopic (exact) mass is 575 g/mol. The summed E-state index contributed by atoms with van der Waals surface area (Å²) in [6, 6.07) is 11.7. The van der Waals surface area contributed by atoms with E-state index in [-0.39, 0.29) is 39.0 Å². The third-order valence-corrected chi connectivity index (χ3v) is 9.22. The summed E-state index contributed by atoms with van der Waals surface area (Å²) in [4.78, 5) is 31.9. The number of nitrogens with zero attached hydrogens (tertiary/aromatic N) is 5. The number of benzene rings is 1. The van der Waals surface area contributed by atoms with Crippen molar-refractivity contribution in [2.45, 2.75) is 55.2 Å². The Bertz CT molecular complexity index is 1870. The second-order valence-corrected chi connectivity index (χ2v) is 12.0. The second kappa shape index (κ2) is 10.9. The number of anilines is 1. The number of carbonyl (C=O) groups excluding carboxylic acids is 1. The van der Waals surface area contributed by atoms with Gasteiger partial charge in [0, 0.05) is 18.0 Å². The molecular formula is C28H26FN7O2S2. The molecule has 1 saturated carbocycles. The van der Waals surface area contributed by atoms with E-state index in [2.05, 4.69) is 15.5 Å². The maximum Gasteiger partial charge on any atom is 0.267 e. The molecule has 2 N–H and O–H groups in total. The van der Waals surface area contributed by atoms with Crippen LogP contribution in [0, 0.1) is 18.2 Å². The molecule has 4 aromatic heterocycles. The number of carbonyl (C=O) groups is 1. The minimum atomic E-state index is -0.549. The van der Waals surface area contributed by atoms with Crippen molar-refractivity contribution >= 4 is 50.8 Å². The summed E-state index contributed by atoms with van der Waals surface area (Å²) in [7, 11) is 0. The molecule has 1 amide bonds. The van der Waals surface area contributed by atoms with E-state index in [0.717, 1.165) is 37.7 Å². The van der Waals surface area contributed by atoms with Crippen LogP contribution < -0.4 is 16.4 Å². The van der Waals surface area contributed by atoms with Crippen molar-refractivity contribution < 1.29 is 9.18 Å². The molecule has 0 aliphatic heterocycles. The highest BCUT2D eigenvalue weighted by atomic mass is 32.2. The number of thioether (sulfide) groups is 1. The zero-order chi connectivity index (χ0) is 27.8. The lowest BCUT2D eigenvalue weighted by Crippen LogP contribution is -2.35. The first-order valence-electron chi connectivity index (χ1n) is 13.0. The van der Waals surface area contributed by atoms with Gasteiger partial charge in [-0.15, -0.1) is 10.2 Å².